The van der Waals surface area contributed by atoms with Crippen molar-refractivity contribution < 1.29 is 14.4 Å². The molecule has 16 heavy (non-hydrogen) atoms. The van der Waals surface area contributed by atoms with Crippen LogP contribution in [0.4, 0.5) is 0 Å². The number of hydrogen-bond donors (Lipinski definition) is 0. The average Bonchev–Trinajstić information content (AvgIpc) is 1.99. The van der Waals surface area contributed by atoms with Crippen LogP contribution in [-0.2, 0) is 14.4 Å². The molecule has 0 amide bonds. The van der Waals surface area contributed by atoms with Crippen LogP contribution in [0.15, 0.2) is 0 Å². The molecule has 0 saturated carbocycles. The van der Waals surface area contributed by atoms with E-state index in [1.165, 1.54) is 13.8 Å². The van der Waals surface area contributed by atoms with Crippen LogP contribution in [0.25, 0.3) is 0 Å². The van der Waals surface area contributed by atoms with E-state index in [2.05, 4.69) is 0 Å². The smallest absolute Gasteiger partial charge is 0.139 e. The van der Waals surface area contributed by atoms with Crippen LogP contribution in [-0.4, -0.2) is 17.3 Å². The van der Waals surface area contributed by atoms with Gasteiger partial charge in [0.25, 0.3) is 0 Å². The Morgan fingerprint density at radius 2 is 1.31 bits per heavy atom. The molecule has 0 heterocycles. The Kier molecular flexibility index (Phi) is 4.59. The predicted molar refractivity (Wildman–Crippen MR) is 63.2 cm³/mol. The Morgan fingerprint density at radius 3 is 1.56 bits per heavy atom. The number of Topliss-reactive ketones (excluding diaryl/α,β-unsaturated/α-hetero) is 3. The van der Waals surface area contributed by atoms with Gasteiger partial charge in [-0.2, -0.15) is 0 Å². The maximum atomic E-state index is 11.9. The largest absolute Gasteiger partial charge is 0.300 e. The van der Waals surface area contributed by atoms with Gasteiger partial charge in [0.2, 0.25) is 0 Å². The first kappa shape index (κ1) is 15.0. The van der Waals surface area contributed by atoms with Crippen molar-refractivity contribution in [1.82, 2.24) is 0 Å². The van der Waals surface area contributed by atoms with Gasteiger partial charge in [0.15, 0.2) is 0 Å². The van der Waals surface area contributed by atoms with E-state index >= 15 is 0 Å². The second kappa shape index (κ2) is 4.89. The quantitative estimate of drug-likeness (QED) is 0.724. The standard InChI is InChI=1S/C13H22O3/c1-9(14)7-13(6,10(2)15)8-11(16)12(3,4)5/h7-8H2,1-6H3. The zero-order valence-corrected chi connectivity index (χ0v) is 11.1. The third-order valence-corrected chi connectivity index (χ3v) is 2.88. The van der Waals surface area contributed by atoms with Crippen LogP contribution in [0.3, 0.4) is 0 Å². The Morgan fingerprint density at radius 1 is 0.875 bits per heavy atom. The maximum Gasteiger partial charge on any atom is 0.139 e. The summed E-state index contributed by atoms with van der Waals surface area (Å²) in [4.78, 5) is 34.6. The Bertz CT molecular complexity index is 310. The summed E-state index contributed by atoms with van der Waals surface area (Å²) in [7, 11) is 0. The van der Waals surface area contributed by atoms with Crippen LogP contribution in [0.2, 0.25) is 0 Å². The van der Waals surface area contributed by atoms with Crippen molar-refractivity contribution in [3.8, 4) is 0 Å². The van der Waals surface area contributed by atoms with E-state index in [0.29, 0.717) is 0 Å². The number of carbonyl (C=O) groups excluding carboxylic acids is 3. The minimum Gasteiger partial charge on any atom is -0.300 e. The van der Waals surface area contributed by atoms with Gasteiger partial charge in [-0.3, -0.25) is 14.4 Å². The van der Waals surface area contributed by atoms with E-state index in [0.717, 1.165) is 0 Å². The molecule has 0 radical (unpaired) electrons. The summed E-state index contributed by atoms with van der Waals surface area (Å²) >= 11 is 0. The minimum atomic E-state index is -0.837. The highest BCUT2D eigenvalue weighted by Gasteiger charge is 2.36. The van der Waals surface area contributed by atoms with Crippen molar-refractivity contribution in [3.63, 3.8) is 0 Å². The Hall–Kier alpha value is -0.990. The van der Waals surface area contributed by atoms with Gasteiger partial charge in [-0.15, -0.1) is 0 Å². The first-order chi connectivity index (χ1) is 6.99. The van der Waals surface area contributed by atoms with Crippen LogP contribution in [0.1, 0.15) is 54.4 Å². The number of carbonyl (C=O) groups is 3. The monoisotopic (exact) mass is 226 g/mol. The van der Waals surface area contributed by atoms with Gasteiger partial charge in [0.1, 0.15) is 17.3 Å². The van der Waals surface area contributed by atoms with Gasteiger partial charge in [-0.25, -0.2) is 0 Å². The number of rotatable bonds is 5. The highest BCUT2D eigenvalue weighted by atomic mass is 16.1. The van der Waals surface area contributed by atoms with E-state index in [4.69, 9.17) is 0 Å². The molecule has 0 fully saturated rings. The van der Waals surface area contributed by atoms with Crippen LogP contribution < -0.4 is 0 Å². The molecule has 3 nitrogen and oxygen atoms in total. The zero-order chi connectivity index (χ0) is 13.1. The lowest BCUT2D eigenvalue weighted by Gasteiger charge is -2.28. The Balaban J connectivity index is 4.90. The van der Waals surface area contributed by atoms with Gasteiger partial charge in [-0.1, -0.05) is 27.7 Å². The Labute approximate surface area is 97.6 Å². The topological polar surface area (TPSA) is 51.2 Å². The zero-order valence-electron chi connectivity index (χ0n) is 11.1. The van der Waals surface area contributed by atoms with E-state index < -0.39 is 10.8 Å². The molecule has 0 aromatic rings. The van der Waals surface area contributed by atoms with Gasteiger partial charge in [-0.05, 0) is 13.8 Å². The van der Waals surface area contributed by atoms with E-state index in [9.17, 15) is 14.4 Å². The predicted octanol–water partition coefficient (Wildman–Crippen LogP) is 2.57. The normalized spacial score (nSPS) is 15.4. The van der Waals surface area contributed by atoms with E-state index in [1.54, 1.807) is 6.92 Å². The molecular weight excluding hydrogens is 204 g/mol. The van der Waals surface area contributed by atoms with Gasteiger partial charge in [0, 0.05) is 23.7 Å². The fourth-order valence-corrected chi connectivity index (χ4v) is 1.48. The average molecular weight is 226 g/mol. The second-order valence-electron chi connectivity index (χ2n) is 5.85. The van der Waals surface area contributed by atoms with E-state index in [-0.39, 0.29) is 30.2 Å². The lowest BCUT2D eigenvalue weighted by molar-refractivity contribution is -0.137. The molecule has 0 aromatic heterocycles. The second-order valence-corrected chi connectivity index (χ2v) is 5.85. The highest BCUT2D eigenvalue weighted by molar-refractivity contribution is 5.94. The van der Waals surface area contributed by atoms with Gasteiger partial charge >= 0.3 is 0 Å². The third kappa shape index (κ3) is 4.25. The lowest BCUT2D eigenvalue weighted by atomic mass is 9.73. The molecule has 1 unspecified atom stereocenters. The maximum absolute atomic E-state index is 11.9. The van der Waals surface area contributed by atoms with E-state index in [1.807, 2.05) is 20.8 Å². The van der Waals surface area contributed by atoms with Crippen molar-refractivity contribution in [2.24, 2.45) is 10.8 Å². The highest BCUT2D eigenvalue weighted by Crippen LogP contribution is 2.32. The molecule has 0 aliphatic carbocycles. The van der Waals surface area contributed by atoms with Crippen LogP contribution in [0.5, 0.6) is 0 Å². The molecule has 0 spiro atoms. The summed E-state index contributed by atoms with van der Waals surface area (Å²) in [5, 5.41) is 0. The molecular formula is C13H22O3. The molecule has 0 N–H and O–H groups in total. The molecule has 0 bridgehead atoms. The van der Waals surface area contributed by atoms with Crippen LogP contribution in [0, 0.1) is 10.8 Å². The van der Waals surface area contributed by atoms with Crippen molar-refractivity contribution in [2.45, 2.75) is 54.4 Å². The summed E-state index contributed by atoms with van der Waals surface area (Å²) in [6, 6.07) is 0. The SMILES string of the molecule is CC(=O)CC(C)(CC(=O)C(C)(C)C)C(C)=O. The van der Waals surface area contributed by atoms with Gasteiger partial charge in [0.05, 0.1) is 0 Å². The third-order valence-electron chi connectivity index (χ3n) is 2.88. The summed E-state index contributed by atoms with van der Waals surface area (Å²) in [6.07, 6.45) is 0.287. The fraction of sp³-hybridized carbons (Fsp3) is 0.769. The van der Waals surface area contributed by atoms with Crippen molar-refractivity contribution in [3.05, 3.63) is 0 Å². The molecule has 0 rings (SSSR count). The van der Waals surface area contributed by atoms with Gasteiger partial charge < -0.3 is 0 Å². The number of hydrogen-bond acceptors (Lipinski definition) is 3. The lowest BCUT2D eigenvalue weighted by Crippen LogP contribution is -2.34. The molecule has 0 aliphatic heterocycles. The van der Waals surface area contributed by atoms with Crippen molar-refractivity contribution in [1.29, 1.82) is 0 Å². The number of ketones is 3. The first-order valence-corrected chi connectivity index (χ1v) is 5.53. The molecule has 92 valence electrons. The molecule has 1 atom stereocenters. The molecule has 3 heteroatoms. The van der Waals surface area contributed by atoms with Crippen molar-refractivity contribution >= 4 is 17.3 Å². The minimum absolute atomic E-state index is 0.0199. The molecule has 0 saturated heterocycles. The summed E-state index contributed by atoms with van der Waals surface area (Å²) in [6.45, 7) is 10.1. The summed E-state index contributed by atoms with van der Waals surface area (Å²) in [5.41, 5.74) is -1.30. The summed E-state index contributed by atoms with van der Waals surface area (Å²) in [5.74, 6) is -0.133. The van der Waals surface area contributed by atoms with Crippen LogP contribution >= 0.6 is 0 Å². The fourth-order valence-electron chi connectivity index (χ4n) is 1.48. The molecule has 0 aliphatic rings. The van der Waals surface area contributed by atoms with Crippen molar-refractivity contribution in [2.75, 3.05) is 0 Å². The first-order valence-electron chi connectivity index (χ1n) is 5.53. The summed E-state index contributed by atoms with van der Waals surface area (Å²) < 4.78 is 0. The molecule has 0 aromatic carbocycles.